The topological polar surface area (TPSA) is 17.1 Å². The van der Waals surface area contributed by atoms with E-state index in [0.29, 0.717) is 6.42 Å². The molecule has 0 aromatic heterocycles. The van der Waals surface area contributed by atoms with Gasteiger partial charge in [0.15, 0.2) is 5.78 Å². The number of fused-ring (bicyclic) bond motifs is 1. The van der Waals surface area contributed by atoms with Crippen molar-refractivity contribution in [2.45, 2.75) is 26.2 Å². The first-order chi connectivity index (χ1) is 8.78. The second kappa shape index (κ2) is 4.41. The minimum absolute atomic E-state index is 0.290. The lowest BCUT2D eigenvalue weighted by Crippen LogP contribution is -1.91. The fourth-order valence-corrected chi connectivity index (χ4v) is 2.57. The fraction of sp³-hybridized carbons (Fsp3) is 0.235. The first-order valence-corrected chi connectivity index (χ1v) is 6.53. The van der Waals surface area contributed by atoms with Crippen LogP contribution in [-0.2, 0) is 12.8 Å². The van der Waals surface area contributed by atoms with Gasteiger partial charge in [0, 0.05) is 12.0 Å². The minimum atomic E-state index is 0.290. The molecule has 0 radical (unpaired) electrons. The zero-order valence-electron chi connectivity index (χ0n) is 10.6. The minimum Gasteiger partial charge on any atom is -0.294 e. The van der Waals surface area contributed by atoms with Crippen LogP contribution in [0, 0.1) is 0 Å². The summed E-state index contributed by atoms with van der Waals surface area (Å²) in [7, 11) is 0. The summed E-state index contributed by atoms with van der Waals surface area (Å²) in [5, 5.41) is 0. The Morgan fingerprint density at radius 3 is 2.39 bits per heavy atom. The quantitative estimate of drug-likeness (QED) is 0.769. The van der Waals surface area contributed by atoms with Crippen molar-refractivity contribution in [1.29, 1.82) is 0 Å². The van der Waals surface area contributed by atoms with Crippen molar-refractivity contribution in [3.63, 3.8) is 0 Å². The Balaban J connectivity index is 1.99. The van der Waals surface area contributed by atoms with E-state index < -0.39 is 0 Å². The summed E-state index contributed by atoms with van der Waals surface area (Å²) in [6, 6.07) is 14.9. The van der Waals surface area contributed by atoms with E-state index in [2.05, 4.69) is 43.3 Å². The van der Waals surface area contributed by atoms with Crippen LogP contribution in [0.1, 0.15) is 34.8 Å². The van der Waals surface area contributed by atoms with Gasteiger partial charge in [0.2, 0.25) is 0 Å². The Bertz CT molecular complexity index is 594. The molecule has 0 unspecified atom stereocenters. The number of carbonyl (C=O) groups is 1. The number of aryl methyl sites for hydroxylation is 2. The first kappa shape index (κ1) is 11.2. The highest BCUT2D eigenvalue weighted by Gasteiger charge is 2.19. The molecule has 0 spiro atoms. The molecule has 1 nitrogen and oxygen atoms in total. The average molecular weight is 236 g/mol. The lowest BCUT2D eigenvalue weighted by molar-refractivity contribution is 0.0994. The molecule has 1 aliphatic rings. The molecule has 0 amide bonds. The van der Waals surface area contributed by atoms with Gasteiger partial charge in [-0.1, -0.05) is 49.4 Å². The third-order valence-corrected chi connectivity index (χ3v) is 3.72. The predicted molar refractivity (Wildman–Crippen MR) is 73.9 cm³/mol. The van der Waals surface area contributed by atoms with Gasteiger partial charge in [-0.15, -0.1) is 0 Å². The molecule has 0 aliphatic heterocycles. The van der Waals surface area contributed by atoms with Crippen molar-refractivity contribution in [2.75, 3.05) is 0 Å². The number of benzene rings is 2. The molecule has 1 aliphatic carbocycles. The van der Waals surface area contributed by atoms with E-state index in [1.807, 2.05) is 6.07 Å². The van der Waals surface area contributed by atoms with Crippen molar-refractivity contribution >= 4 is 5.78 Å². The predicted octanol–water partition coefficient (Wildman–Crippen LogP) is 4.04. The maximum Gasteiger partial charge on any atom is 0.163 e. The van der Waals surface area contributed by atoms with Gasteiger partial charge in [-0.3, -0.25) is 4.79 Å². The Morgan fingerprint density at radius 2 is 1.67 bits per heavy atom. The van der Waals surface area contributed by atoms with Gasteiger partial charge >= 0.3 is 0 Å². The average Bonchev–Trinajstić information content (AvgIpc) is 2.80. The van der Waals surface area contributed by atoms with Gasteiger partial charge in [0.25, 0.3) is 0 Å². The highest BCUT2D eigenvalue weighted by atomic mass is 16.1. The van der Waals surface area contributed by atoms with E-state index in [9.17, 15) is 4.79 Å². The SMILES string of the molecule is CCc1ccc(-c2ccc3c(c2)CCC3=O)cc1. The molecule has 0 bridgehead atoms. The van der Waals surface area contributed by atoms with Crippen LogP contribution in [0.3, 0.4) is 0 Å². The second-order valence-electron chi connectivity index (χ2n) is 4.85. The zero-order chi connectivity index (χ0) is 12.5. The van der Waals surface area contributed by atoms with E-state index in [-0.39, 0.29) is 5.78 Å². The van der Waals surface area contributed by atoms with Crippen LogP contribution < -0.4 is 0 Å². The molecule has 2 aromatic carbocycles. The maximum absolute atomic E-state index is 11.6. The summed E-state index contributed by atoms with van der Waals surface area (Å²) < 4.78 is 0. The monoisotopic (exact) mass is 236 g/mol. The molecule has 2 aromatic rings. The van der Waals surface area contributed by atoms with Gasteiger partial charge in [-0.05, 0) is 35.1 Å². The zero-order valence-corrected chi connectivity index (χ0v) is 10.6. The highest BCUT2D eigenvalue weighted by Crippen LogP contribution is 2.28. The third-order valence-electron chi connectivity index (χ3n) is 3.72. The van der Waals surface area contributed by atoms with Crippen molar-refractivity contribution in [2.24, 2.45) is 0 Å². The van der Waals surface area contributed by atoms with E-state index >= 15 is 0 Å². The summed E-state index contributed by atoms with van der Waals surface area (Å²) >= 11 is 0. The third kappa shape index (κ3) is 1.86. The number of hydrogen-bond acceptors (Lipinski definition) is 1. The Labute approximate surface area is 107 Å². The summed E-state index contributed by atoms with van der Waals surface area (Å²) in [6.45, 7) is 2.16. The number of carbonyl (C=O) groups excluding carboxylic acids is 1. The lowest BCUT2D eigenvalue weighted by atomic mass is 9.99. The molecule has 0 atom stereocenters. The van der Waals surface area contributed by atoms with Crippen LogP contribution in [0.15, 0.2) is 42.5 Å². The van der Waals surface area contributed by atoms with E-state index in [1.54, 1.807) is 0 Å². The van der Waals surface area contributed by atoms with Crippen LogP contribution in [0.25, 0.3) is 11.1 Å². The van der Waals surface area contributed by atoms with Gasteiger partial charge in [0.05, 0.1) is 0 Å². The van der Waals surface area contributed by atoms with Crippen molar-refractivity contribution < 1.29 is 4.79 Å². The molecule has 0 saturated heterocycles. The second-order valence-corrected chi connectivity index (χ2v) is 4.85. The summed E-state index contributed by atoms with van der Waals surface area (Å²) in [6.07, 6.45) is 2.64. The lowest BCUT2D eigenvalue weighted by Gasteiger charge is -2.05. The van der Waals surface area contributed by atoms with Crippen LogP contribution in [0.5, 0.6) is 0 Å². The maximum atomic E-state index is 11.6. The molecule has 0 saturated carbocycles. The van der Waals surface area contributed by atoms with Crippen LogP contribution in [-0.4, -0.2) is 5.78 Å². The molecule has 0 fully saturated rings. The smallest absolute Gasteiger partial charge is 0.163 e. The van der Waals surface area contributed by atoms with E-state index in [4.69, 9.17) is 0 Å². The van der Waals surface area contributed by atoms with Crippen molar-refractivity contribution in [3.8, 4) is 11.1 Å². The molecular formula is C17H16O. The Morgan fingerprint density at radius 1 is 0.944 bits per heavy atom. The van der Waals surface area contributed by atoms with Crippen molar-refractivity contribution in [1.82, 2.24) is 0 Å². The molecule has 0 heterocycles. The standard InChI is InChI=1S/C17H16O/c1-2-12-3-5-13(6-4-12)14-7-9-16-15(11-14)8-10-17(16)18/h3-7,9,11H,2,8,10H2,1H3. The van der Waals surface area contributed by atoms with E-state index in [1.165, 1.54) is 22.3 Å². The number of Topliss-reactive ketones (excluding diaryl/α,β-unsaturated/α-hetero) is 1. The van der Waals surface area contributed by atoms with Crippen molar-refractivity contribution in [3.05, 3.63) is 59.2 Å². The molecule has 3 rings (SSSR count). The highest BCUT2D eigenvalue weighted by molar-refractivity contribution is 6.00. The van der Waals surface area contributed by atoms with Gasteiger partial charge in [-0.2, -0.15) is 0 Å². The number of ketones is 1. The molecule has 90 valence electrons. The normalized spacial score (nSPS) is 13.7. The van der Waals surface area contributed by atoms with Crippen LogP contribution in [0.2, 0.25) is 0 Å². The van der Waals surface area contributed by atoms with Gasteiger partial charge in [-0.25, -0.2) is 0 Å². The van der Waals surface area contributed by atoms with Crippen LogP contribution in [0.4, 0.5) is 0 Å². The first-order valence-electron chi connectivity index (χ1n) is 6.53. The summed E-state index contributed by atoms with van der Waals surface area (Å²) in [4.78, 5) is 11.6. The Hall–Kier alpha value is -1.89. The molecule has 18 heavy (non-hydrogen) atoms. The summed E-state index contributed by atoms with van der Waals surface area (Å²) in [5.41, 5.74) is 5.93. The molecule has 1 heteroatoms. The Kier molecular flexibility index (Phi) is 2.75. The number of rotatable bonds is 2. The largest absolute Gasteiger partial charge is 0.294 e. The van der Waals surface area contributed by atoms with Crippen LogP contribution >= 0.6 is 0 Å². The fourth-order valence-electron chi connectivity index (χ4n) is 2.57. The number of hydrogen-bond donors (Lipinski definition) is 0. The molecular weight excluding hydrogens is 220 g/mol. The van der Waals surface area contributed by atoms with Gasteiger partial charge in [0.1, 0.15) is 0 Å². The van der Waals surface area contributed by atoms with E-state index in [0.717, 1.165) is 18.4 Å². The molecule has 0 N–H and O–H groups in total. The summed E-state index contributed by atoms with van der Waals surface area (Å²) in [5.74, 6) is 0.290. The van der Waals surface area contributed by atoms with Gasteiger partial charge < -0.3 is 0 Å².